The van der Waals surface area contributed by atoms with Crippen molar-refractivity contribution in [1.82, 2.24) is 5.32 Å². The van der Waals surface area contributed by atoms with Crippen LogP contribution in [0.25, 0.3) is 0 Å². The second-order valence-electron chi connectivity index (χ2n) is 5.52. The number of hydrogen-bond acceptors (Lipinski definition) is 7. The number of nitrogens with one attached hydrogen (secondary N) is 2. The molecule has 0 aliphatic rings. The fourth-order valence-corrected chi connectivity index (χ4v) is 2.66. The van der Waals surface area contributed by atoms with Crippen molar-refractivity contribution >= 4 is 40.5 Å². The van der Waals surface area contributed by atoms with Gasteiger partial charge in [0.25, 0.3) is 17.5 Å². The van der Waals surface area contributed by atoms with Crippen LogP contribution in [0.1, 0.15) is 23.5 Å². The van der Waals surface area contributed by atoms with E-state index < -0.39 is 34.9 Å². The maximum Gasteiger partial charge on any atom is 0.329 e. The van der Waals surface area contributed by atoms with Crippen molar-refractivity contribution in [3.8, 4) is 0 Å². The van der Waals surface area contributed by atoms with E-state index >= 15 is 0 Å². The number of ether oxygens (including phenoxy) is 1. The van der Waals surface area contributed by atoms with Gasteiger partial charge in [-0.05, 0) is 31.4 Å². The maximum absolute atomic E-state index is 12.2. The van der Waals surface area contributed by atoms with Crippen LogP contribution in [0.2, 0.25) is 0 Å². The second kappa shape index (κ2) is 8.90. The van der Waals surface area contributed by atoms with E-state index in [0.29, 0.717) is 4.88 Å². The molecule has 10 heteroatoms. The molecule has 1 aromatic carbocycles. The monoisotopic (exact) mass is 391 g/mol. The smallest absolute Gasteiger partial charge is 0.329 e. The molecule has 2 aromatic rings. The standard InChI is InChI=1S/C17H17N3O6S/c1-10(18-16(22)14-8-5-9-27-14)17(23)26-11(2)15(21)19-12-6-3-4-7-13(12)20(24)25/h3-11H,1-2H3,(H,18,22)(H,19,21). The summed E-state index contributed by atoms with van der Waals surface area (Å²) in [5.74, 6) is -1.95. The summed E-state index contributed by atoms with van der Waals surface area (Å²) in [6.45, 7) is 2.76. The number of para-hydroxylation sites is 2. The van der Waals surface area contributed by atoms with Crippen LogP contribution in [0, 0.1) is 10.1 Å². The van der Waals surface area contributed by atoms with E-state index in [2.05, 4.69) is 10.6 Å². The molecule has 0 bridgehead atoms. The van der Waals surface area contributed by atoms with E-state index in [9.17, 15) is 24.5 Å². The molecular weight excluding hydrogens is 374 g/mol. The number of benzene rings is 1. The quantitative estimate of drug-likeness (QED) is 0.424. The van der Waals surface area contributed by atoms with Gasteiger partial charge in [-0.1, -0.05) is 18.2 Å². The van der Waals surface area contributed by atoms with Crippen molar-refractivity contribution in [3.05, 3.63) is 56.8 Å². The minimum Gasteiger partial charge on any atom is -0.451 e. The van der Waals surface area contributed by atoms with Gasteiger partial charge in [-0.3, -0.25) is 19.7 Å². The second-order valence-corrected chi connectivity index (χ2v) is 6.46. The molecule has 0 saturated carbocycles. The summed E-state index contributed by atoms with van der Waals surface area (Å²) < 4.78 is 5.03. The van der Waals surface area contributed by atoms with E-state index in [0.717, 1.165) is 0 Å². The Bertz CT molecular complexity index is 852. The number of esters is 1. The molecule has 0 aliphatic heterocycles. The number of nitro benzene ring substituents is 1. The summed E-state index contributed by atoms with van der Waals surface area (Å²) in [6, 6.07) is 7.96. The highest BCUT2D eigenvalue weighted by Gasteiger charge is 2.25. The molecule has 0 fully saturated rings. The summed E-state index contributed by atoms with van der Waals surface area (Å²) in [5, 5.41) is 17.5. The third kappa shape index (κ3) is 5.35. The van der Waals surface area contributed by atoms with Crippen LogP contribution in [-0.4, -0.2) is 34.9 Å². The Morgan fingerprint density at radius 1 is 1.15 bits per heavy atom. The van der Waals surface area contributed by atoms with Gasteiger partial charge in [0.15, 0.2) is 6.10 Å². The van der Waals surface area contributed by atoms with Gasteiger partial charge in [-0.15, -0.1) is 11.3 Å². The fraction of sp³-hybridized carbons (Fsp3) is 0.235. The Kier molecular flexibility index (Phi) is 6.61. The Balaban J connectivity index is 1.92. The SMILES string of the molecule is CC(NC(=O)c1cccs1)C(=O)OC(C)C(=O)Nc1ccccc1[N+](=O)[O-]. The highest BCUT2D eigenvalue weighted by Crippen LogP contribution is 2.23. The van der Waals surface area contributed by atoms with Crippen molar-refractivity contribution in [2.45, 2.75) is 26.0 Å². The lowest BCUT2D eigenvalue weighted by atomic mass is 10.2. The van der Waals surface area contributed by atoms with E-state index in [4.69, 9.17) is 4.74 Å². The van der Waals surface area contributed by atoms with Crippen molar-refractivity contribution in [3.63, 3.8) is 0 Å². The topological polar surface area (TPSA) is 128 Å². The normalized spacial score (nSPS) is 12.5. The lowest BCUT2D eigenvalue weighted by Gasteiger charge is -2.17. The number of nitro groups is 1. The molecule has 142 valence electrons. The van der Waals surface area contributed by atoms with Crippen molar-refractivity contribution < 1.29 is 24.0 Å². The van der Waals surface area contributed by atoms with Gasteiger partial charge < -0.3 is 15.4 Å². The average molecular weight is 391 g/mol. The van der Waals surface area contributed by atoms with E-state index in [-0.39, 0.29) is 11.4 Å². The molecule has 1 heterocycles. The third-order valence-corrected chi connectivity index (χ3v) is 4.34. The van der Waals surface area contributed by atoms with Gasteiger partial charge in [0.2, 0.25) is 0 Å². The zero-order valence-corrected chi connectivity index (χ0v) is 15.3. The van der Waals surface area contributed by atoms with Crippen LogP contribution in [0.5, 0.6) is 0 Å². The van der Waals surface area contributed by atoms with Gasteiger partial charge in [0.05, 0.1) is 9.80 Å². The number of amides is 2. The molecule has 9 nitrogen and oxygen atoms in total. The molecule has 2 amide bonds. The Labute approximate surface area is 158 Å². The van der Waals surface area contributed by atoms with E-state index in [1.54, 1.807) is 17.5 Å². The number of anilines is 1. The van der Waals surface area contributed by atoms with Gasteiger partial charge in [0.1, 0.15) is 11.7 Å². The number of thiophene rings is 1. The Morgan fingerprint density at radius 2 is 1.85 bits per heavy atom. The summed E-state index contributed by atoms with van der Waals surface area (Å²) in [7, 11) is 0. The number of carbonyl (C=O) groups is 3. The highest BCUT2D eigenvalue weighted by atomic mass is 32.1. The van der Waals surface area contributed by atoms with Crippen LogP contribution in [0.3, 0.4) is 0 Å². The molecule has 0 spiro atoms. The van der Waals surface area contributed by atoms with Crippen LogP contribution >= 0.6 is 11.3 Å². The predicted molar refractivity (Wildman–Crippen MR) is 98.5 cm³/mol. The molecule has 0 radical (unpaired) electrons. The largest absolute Gasteiger partial charge is 0.451 e. The molecular formula is C17H17N3O6S. The Hall–Kier alpha value is -3.27. The van der Waals surface area contributed by atoms with Crippen LogP contribution in [-0.2, 0) is 14.3 Å². The molecule has 2 N–H and O–H groups in total. The number of nitrogens with zero attached hydrogens (tertiary/aromatic N) is 1. The van der Waals surface area contributed by atoms with Gasteiger partial charge >= 0.3 is 5.97 Å². The fourth-order valence-electron chi connectivity index (χ4n) is 2.04. The molecule has 2 unspecified atom stereocenters. The molecule has 0 saturated heterocycles. The highest BCUT2D eigenvalue weighted by molar-refractivity contribution is 7.12. The van der Waals surface area contributed by atoms with Crippen LogP contribution in [0.4, 0.5) is 11.4 Å². The summed E-state index contributed by atoms with van der Waals surface area (Å²) in [5.41, 5.74) is -0.282. The van der Waals surface area contributed by atoms with Crippen LogP contribution in [0.15, 0.2) is 41.8 Å². The van der Waals surface area contributed by atoms with Crippen molar-refractivity contribution in [2.75, 3.05) is 5.32 Å². The van der Waals surface area contributed by atoms with Crippen molar-refractivity contribution in [2.24, 2.45) is 0 Å². The number of hydrogen-bond donors (Lipinski definition) is 2. The maximum atomic E-state index is 12.2. The zero-order valence-electron chi connectivity index (χ0n) is 14.5. The van der Waals surface area contributed by atoms with E-state index in [1.807, 2.05) is 0 Å². The van der Waals surface area contributed by atoms with Gasteiger partial charge in [0, 0.05) is 6.07 Å². The summed E-state index contributed by atoms with van der Waals surface area (Å²) in [4.78, 5) is 46.9. The number of rotatable bonds is 7. The van der Waals surface area contributed by atoms with Gasteiger partial charge in [-0.2, -0.15) is 0 Å². The molecule has 2 rings (SSSR count). The first kappa shape index (κ1) is 20.0. The first-order valence-corrected chi connectivity index (χ1v) is 8.76. The molecule has 2 atom stereocenters. The summed E-state index contributed by atoms with van der Waals surface area (Å²) >= 11 is 1.23. The van der Waals surface area contributed by atoms with Gasteiger partial charge in [-0.25, -0.2) is 4.79 Å². The minimum absolute atomic E-state index is 0.00514. The van der Waals surface area contributed by atoms with Crippen molar-refractivity contribution in [1.29, 1.82) is 0 Å². The first-order chi connectivity index (χ1) is 12.8. The summed E-state index contributed by atoms with van der Waals surface area (Å²) in [6.07, 6.45) is -1.21. The third-order valence-electron chi connectivity index (χ3n) is 3.47. The molecule has 1 aromatic heterocycles. The first-order valence-electron chi connectivity index (χ1n) is 7.88. The molecule has 27 heavy (non-hydrogen) atoms. The van der Waals surface area contributed by atoms with E-state index in [1.165, 1.54) is 49.4 Å². The number of carbonyl (C=O) groups excluding carboxylic acids is 3. The van der Waals surface area contributed by atoms with Crippen LogP contribution < -0.4 is 10.6 Å². The molecule has 0 aliphatic carbocycles. The lowest BCUT2D eigenvalue weighted by molar-refractivity contribution is -0.383. The zero-order chi connectivity index (χ0) is 20.0. The Morgan fingerprint density at radius 3 is 2.48 bits per heavy atom. The predicted octanol–water partition coefficient (Wildman–Crippen LogP) is 2.35. The minimum atomic E-state index is -1.21. The lowest BCUT2D eigenvalue weighted by Crippen LogP contribution is -2.42. The average Bonchev–Trinajstić information content (AvgIpc) is 3.16.